The molecule has 0 unspecified atom stereocenters. The lowest BCUT2D eigenvalue weighted by molar-refractivity contribution is 0.0952. The number of aryl methyl sites for hydroxylation is 2. The summed E-state index contributed by atoms with van der Waals surface area (Å²) < 4.78 is 10.4. The minimum atomic E-state index is -0.335. The molecule has 0 saturated heterocycles. The van der Waals surface area contributed by atoms with Crippen LogP contribution in [0.2, 0.25) is 0 Å². The third kappa shape index (κ3) is 4.33. The molecule has 0 aliphatic heterocycles. The molecule has 27 heavy (non-hydrogen) atoms. The Kier molecular flexibility index (Phi) is 5.21. The van der Waals surface area contributed by atoms with Gasteiger partial charge in [0.2, 0.25) is 0 Å². The smallest absolute Gasteiger partial charge is 0.291 e. The van der Waals surface area contributed by atoms with Crippen molar-refractivity contribution in [3.05, 3.63) is 77.1 Å². The Balaban J connectivity index is 1.63. The van der Waals surface area contributed by atoms with E-state index < -0.39 is 0 Å². The van der Waals surface area contributed by atoms with Crippen LogP contribution in [-0.4, -0.2) is 17.5 Å². The number of hydrazone groups is 1. The molecule has 2 heterocycles. The van der Waals surface area contributed by atoms with E-state index in [1.165, 1.54) is 6.26 Å². The number of furan rings is 2. The molecule has 2 aromatic heterocycles. The Morgan fingerprint density at radius 2 is 1.70 bits per heavy atom. The standard InChI is InChI=1S/C20H19N3O4/c1-12-4-9-18(27-12)20(25)21-16-7-5-15(6-8-16)13(2)22-23-19(24)17-10-11-26-14(17)3/h4-11H,1-3H3,(H,21,25)(H,23,24)/b22-13-. The number of carbonyl (C=O) groups excluding carboxylic acids is 2. The summed E-state index contributed by atoms with van der Waals surface area (Å²) in [6.45, 7) is 5.27. The third-order valence-electron chi connectivity index (χ3n) is 3.95. The first-order chi connectivity index (χ1) is 12.9. The molecule has 0 aliphatic carbocycles. The molecule has 3 rings (SSSR count). The van der Waals surface area contributed by atoms with Gasteiger partial charge in [-0.05, 0) is 56.7 Å². The van der Waals surface area contributed by atoms with Gasteiger partial charge < -0.3 is 14.2 Å². The van der Waals surface area contributed by atoms with E-state index in [-0.39, 0.29) is 17.6 Å². The zero-order valence-corrected chi connectivity index (χ0v) is 15.2. The van der Waals surface area contributed by atoms with E-state index in [0.717, 1.165) is 5.56 Å². The maximum atomic E-state index is 12.1. The quantitative estimate of drug-likeness (QED) is 0.529. The fourth-order valence-corrected chi connectivity index (χ4v) is 2.42. The van der Waals surface area contributed by atoms with Gasteiger partial charge in [0.15, 0.2) is 5.76 Å². The van der Waals surface area contributed by atoms with Gasteiger partial charge in [0, 0.05) is 5.69 Å². The summed E-state index contributed by atoms with van der Waals surface area (Å²) in [5.41, 5.74) is 5.01. The molecule has 7 heteroatoms. The minimum absolute atomic E-state index is 0.256. The van der Waals surface area contributed by atoms with E-state index in [0.29, 0.717) is 28.5 Å². The molecule has 1 aromatic carbocycles. The summed E-state index contributed by atoms with van der Waals surface area (Å²) in [5.74, 6) is 0.816. The summed E-state index contributed by atoms with van der Waals surface area (Å²) in [5, 5.41) is 6.87. The molecule has 7 nitrogen and oxygen atoms in total. The van der Waals surface area contributed by atoms with Crippen molar-refractivity contribution in [1.29, 1.82) is 0 Å². The van der Waals surface area contributed by atoms with Gasteiger partial charge in [-0.2, -0.15) is 5.10 Å². The van der Waals surface area contributed by atoms with Gasteiger partial charge in [-0.25, -0.2) is 5.43 Å². The molecule has 138 valence electrons. The maximum absolute atomic E-state index is 12.1. The van der Waals surface area contributed by atoms with Gasteiger partial charge in [0.05, 0.1) is 17.5 Å². The number of carbonyl (C=O) groups is 2. The molecule has 2 N–H and O–H groups in total. The van der Waals surface area contributed by atoms with Crippen LogP contribution in [0.3, 0.4) is 0 Å². The second-order valence-electron chi connectivity index (χ2n) is 5.97. The largest absolute Gasteiger partial charge is 0.469 e. The molecule has 3 aromatic rings. The molecule has 2 amide bonds. The Labute approximate surface area is 156 Å². The molecule has 0 aliphatic rings. The summed E-state index contributed by atoms with van der Waals surface area (Å²) in [6, 6.07) is 12.1. The van der Waals surface area contributed by atoms with Crippen molar-refractivity contribution in [2.24, 2.45) is 5.10 Å². The van der Waals surface area contributed by atoms with Crippen LogP contribution in [0.5, 0.6) is 0 Å². The van der Waals surface area contributed by atoms with E-state index in [2.05, 4.69) is 15.8 Å². The van der Waals surface area contributed by atoms with Crippen LogP contribution in [-0.2, 0) is 0 Å². The van der Waals surface area contributed by atoms with E-state index in [1.807, 2.05) is 0 Å². The van der Waals surface area contributed by atoms with E-state index in [4.69, 9.17) is 8.83 Å². The first-order valence-electron chi connectivity index (χ1n) is 8.31. The number of hydrogen-bond donors (Lipinski definition) is 2. The highest BCUT2D eigenvalue weighted by Gasteiger charge is 2.12. The van der Waals surface area contributed by atoms with Crippen molar-refractivity contribution in [2.75, 3.05) is 5.32 Å². The second kappa shape index (κ2) is 7.74. The predicted octanol–water partition coefficient (Wildman–Crippen LogP) is 3.90. The normalized spacial score (nSPS) is 11.3. The van der Waals surface area contributed by atoms with E-state index in [9.17, 15) is 9.59 Å². The van der Waals surface area contributed by atoms with Crippen molar-refractivity contribution in [2.45, 2.75) is 20.8 Å². The van der Waals surface area contributed by atoms with Crippen LogP contribution in [0.1, 0.15) is 44.9 Å². The lowest BCUT2D eigenvalue weighted by atomic mass is 10.1. The van der Waals surface area contributed by atoms with Crippen molar-refractivity contribution in [3.8, 4) is 0 Å². The van der Waals surface area contributed by atoms with Gasteiger partial charge in [-0.15, -0.1) is 0 Å². The summed E-state index contributed by atoms with van der Waals surface area (Å²) in [4.78, 5) is 24.1. The summed E-state index contributed by atoms with van der Waals surface area (Å²) in [6.07, 6.45) is 1.46. The molecule has 0 radical (unpaired) electrons. The van der Waals surface area contributed by atoms with Crippen molar-refractivity contribution in [1.82, 2.24) is 5.43 Å². The molecule has 0 atom stereocenters. The van der Waals surface area contributed by atoms with Crippen LogP contribution in [0, 0.1) is 13.8 Å². The Bertz CT molecular complexity index is 996. The zero-order chi connectivity index (χ0) is 19.4. The highest BCUT2D eigenvalue weighted by molar-refractivity contribution is 6.03. The van der Waals surface area contributed by atoms with Crippen molar-refractivity contribution >= 4 is 23.2 Å². The molecular formula is C20H19N3O4. The maximum Gasteiger partial charge on any atom is 0.291 e. The van der Waals surface area contributed by atoms with Crippen LogP contribution < -0.4 is 10.7 Å². The Morgan fingerprint density at radius 3 is 2.30 bits per heavy atom. The highest BCUT2D eigenvalue weighted by atomic mass is 16.3. The van der Waals surface area contributed by atoms with Crippen molar-refractivity contribution < 1.29 is 18.4 Å². The van der Waals surface area contributed by atoms with E-state index in [1.54, 1.807) is 63.2 Å². The first kappa shape index (κ1) is 18.2. The molecule has 0 bridgehead atoms. The number of hydrogen-bond acceptors (Lipinski definition) is 5. The topological polar surface area (TPSA) is 96.8 Å². The molecular weight excluding hydrogens is 346 g/mol. The molecule has 0 fully saturated rings. The van der Waals surface area contributed by atoms with Crippen LogP contribution in [0.15, 0.2) is 62.7 Å². The number of benzene rings is 1. The molecule has 0 spiro atoms. The monoisotopic (exact) mass is 365 g/mol. The summed E-state index contributed by atoms with van der Waals surface area (Å²) in [7, 11) is 0. The predicted molar refractivity (Wildman–Crippen MR) is 101 cm³/mol. The van der Waals surface area contributed by atoms with Crippen molar-refractivity contribution in [3.63, 3.8) is 0 Å². The van der Waals surface area contributed by atoms with Gasteiger partial charge >= 0.3 is 0 Å². The fourth-order valence-electron chi connectivity index (χ4n) is 2.42. The zero-order valence-electron chi connectivity index (χ0n) is 15.2. The summed E-state index contributed by atoms with van der Waals surface area (Å²) >= 11 is 0. The number of nitrogens with one attached hydrogen (secondary N) is 2. The number of amides is 2. The van der Waals surface area contributed by atoms with Gasteiger partial charge in [0.25, 0.3) is 11.8 Å². The average molecular weight is 365 g/mol. The Hall–Kier alpha value is -3.61. The van der Waals surface area contributed by atoms with Gasteiger partial charge in [-0.3, -0.25) is 9.59 Å². The first-order valence-corrected chi connectivity index (χ1v) is 8.31. The molecule has 0 saturated carbocycles. The average Bonchev–Trinajstić information content (AvgIpc) is 3.28. The van der Waals surface area contributed by atoms with E-state index >= 15 is 0 Å². The van der Waals surface area contributed by atoms with Crippen LogP contribution in [0.25, 0.3) is 0 Å². The Morgan fingerprint density at radius 1 is 0.963 bits per heavy atom. The number of rotatable bonds is 5. The number of anilines is 1. The van der Waals surface area contributed by atoms with Gasteiger partial charge in [-0.1, -0.05) is 12.1 Å². The van der Waals surface area contributed by atoms with Crippen LogP contribution in [0.4, 0.5) is 5.69 Å². The van der Waals surface area contributed by atoms with Gasteiger partial charge in [0.1, 0.15) is 11.5 Å². The fraction of sp³-hybridized carbons (Fsp3) is 0.150. The third-order valence-corrected chi connectivity index (χ3v) is 3.95. The lowest BCUT2D eigenvalue weighted by Crippen LogP contribution is -2.19. The number of nitrogens with zero attached hydrogens (tertiary/aromatic N) is 1. The highest BCUT2D eigenvalue weighted by Crippen LogP contribution is 2.14. The minimum Gasteiger partial charge on any atom is -0.469 e. The SMILES string of the molecule is C/C(=N/NC(=O)c1ccoc1C)c1ccc(NC(=O)c2ccc(C)o2)cc1. The lowest BCUT2D eigenvalue weighted by Gasteiger charge is -2.06. The van der Waals surface area contributed by atoms with Crippen LogP contribution >= 0.6 is 0 Å². The second-order valence-corrected chi connectivity index (χ2v) is 5.97.